The van der Waals surface area contributed by atoms with Gasteiger partial charge < -0.3 is 0 Å². The largest absolute Gasteiger partial charge is 0.356 e. The number of nitrogens with zero attached hydrogens (tertiary/aromatic N) is 2. The minimum Gasteiger partial charge on any atom is -0.105 e. The van der Waals surface area contributed by atoms with Gasteiger partial charge in [0.1, 0.15) is 0 Å². The van der Waals surface area contributed by atoms with Gasteiger partial charge in [-0.2, -0.15) is 0 Å². The molecule has 0 spiro atoms. The molecule has 0 N–H and O–H groups in total. The van der Waals surface area contributed by atoms with Crippen LogP contribution in [0.4, 0.5) is 0 Å². The molecule has 0 unspecified atom stereocenters. The Bertz CT molecular complexity index is 86.6. The van der Waals surface area contributed by atoms with Crippen LogP contribution in [0.5, 0.6) is 0 Å². The molecule has 0 aromatic heterocycles. The Hall–Kier alpha value is -0.205. The fourth-order valence-corrected chi connectivity index (χ4v) is 0.0544. The van der Waals surface area contributed by atoms with E-state index >= 15 is 0 Å². The van der Waals surface area contributed by atoms with Gasteiger partial charge >= 0.3 is 10.2 Å². The van der Waals surface area contributed by atoms with Gasteiger partial charge in [0.05, 0.1) is 0 Å². The van der Waals surface area contributed by atoms with Crippen molar-refractivity contribution in [2.75, 3.05) is 0 Å². The van der Waals surface area contributed by atoms with E-state index in [1.165, 1.54) is 0 Å². The molecule has 1 radical (unpaired) electrons. The van der Waals surface area contributed by atoms with Crippen molar-refractivity contribution in [3.05, 3.63) is 20.2 Å². The zero-order valence-electron chi connectivity index (χ0n) is 3.51. The summed E-state index contributed by atoms with van der Waals surface area (Å²) in [6.07, 6.45) is 0. The number of rotatable bonds is 2. The van der Waals surface area contributed by atoms with E-state index in [2.05, 4.69) is 4.94 Å². The van der Waals surface area contributed by atoms with Crippen molar-refractivity contribution in [2.24, 2.45) is 0 Å². The fraction of sp³-hybridized carbons (Fsp3) is 0. The van der Waals surface area contributed by atoms with Gasteiger partial charge in [0.2, 0.25) is 0 Å². The van der Waals surface area contributed by atoms with Gasteiger partial charge in [-0.05, 0) is 0 Å². The SMILES string of the molecule is O=[N+]([O-])O[N+](=O)[O-].[La]. The van der Waals surface area contributed by atoms with E-state index in [4.69, 9.17) is 20.2 Å². The van der Waals surface area contributed by atoms with Crippen molar-refractivity contribution >= 4 is 0 Å². The summed E-state index contributed by atoms with van der Waals surface area (Å²) in [5, 5.41) is 14.9. The smallest absolute Gasteiger partial charge is 0.105 e. The first-order valence-corrected chi connectivity index (χ1v) is 1.10. The Morgan fingerprint density at radius 1 is 1.12 bits per heavy atom. The van der Waals surface area contributed by atoms with Crippen LogP contribution in [0.3, 0.4) is 0 Å². The van der Waals surface area contributed by atoms with Crippen LogP contribution in [-0.4, -0.2) is 10.2 Å². The summed E-state index contributed by atoms with van der Waals surface area (Å²) in [5.41, 5.74) is 0. The second kappa shape index (κ2) is 4.94. The van der Waals surface area contributed by atoms with E-state index in [0.717, 1.165) is 0 Å². The van der Waals surface area contributed by atoms with Gasteiger partial charge in [-0.25, -0.2) is 0 Å². The first-order valence-electron chi connectivity index (χ1n) is 1.10. The molecule has 43 valence electrons. The molecule has 0 bridgehead atoms. The van der Waals surface area contributed by atoms with Gasteiger partial charge in [0.15, 0.2) is 0 Å². The van der Waals surface area contributed by atoms with Crippen LogP contribution >= 0.6 is 0 Å². The average molecular weight is 247 g/mol. The first kappa shape index (κ1) is 10.7. The van der Waals surface area contributed by atoms with Crippen LogP contribution in [0.1, 0.15) is 0 Å². The van der Waals surface area contributed by atoms with Crippen molar-refractivity contribution < 1.29 is 50.7 Å². The Morgan fingerprint density at radius 3 is 1.38 bits per heavy atom. The molecule has 0 aliphatic carbocycles. The maximum Gasteiger partial charge on any atom is 0.356 e. The standard InChI is InChI=1S/La.N2O5/c;3-1(4)7-2(5)6. The van der Waals surface area contributed by atoms with Crippen molar-refractivity contribution in [1.29, 1.82) is 0 Å². The van der Waals surface area contributed by atoms with E-state index < -0.39 is 10.2 Å². The van der Waals surface area contributed by atoms with E-state index in [0.29, 0.717) is 0 Å². The number of hydrogen-bond donors (Lipinski definition) is 0. The second-order valence-electron chi connectivity index (χ2n) is 0.529. The summed E-state index contributed by atoms with van der Waals surface area (Å²) in [6, 6.07) is 0. The van der Waals surface area contributed by atoms with Gasteiger partial charge in [0.25, 0.3) is 0 Å². The molecule has 0 aliphatic rings. The molecule has 0 aliphatic heterocycles. The molecule has 0 saturated carbocycles. The van der Waals surface area contributed by atoms with Gasteiger partial charge in [-0.15, -0.1) is 20.2 Å². The molecule has 8 heavy (non-hydrogen) atoms. The molecule has 7 nitrogen and oxygen atoms in total. The van der Waals surface area contributed by atoms with Crippen molar-refractivity contribution in [3.63, 3.8) is 0 Å². The third-order valence-corrected chi connectivity index (χ3v) is 0.133. The van der Waals surface area contributed by atoms with Crippen LogP contribution in [0, 0.1) is 55.8 Å². The monoisotopic (exact) mass is 247 g/mol. The van der Waals surface area contributed by atoms with Crippen molar-refractivity contribution in [1.82, 2.24) is 0 Å². The van der Waals surface area contributed by atoms with Gasteiger partial charge in [-0.1, -0.05) is 0 Å². The summed E-state index contributed by atoms with van der Waals surface area (Å²) < 4.78 is 0. The third kappa shape index (κ3) is 9.25. The van der Waals surface area contributed by atoms with Crippen molar-refractivity contribution in [3.8, 4) is 0 Å². The second-order valence-corrected chi connectivity index (χ2v) is 0.529. The number of hydrogen-bond acceptors (Lipinski definition) is 5. The summed E-state index contributed by atoms with van der Waals surface area (Å²) in [4.78, 5) is 20.6. The normalized spacial score (nSPS) is 6.50. The predicted molar refractivity (Wildman–Crippen MR) is 15.1 cm³/mol. The minimum absolute atomic E-state index is 0. The van der Waals surface area contributed by atoms with E-state index in [1.807, 2.05) is 0 Å². The maximum atomic E-state index is 8.95. The molecule has 0 rings (SSSR count). The zero-order valence-corrected chi connectivity index (χ0v) is 7.14. The predicted octanol–water partition coefficient (Wildman–Crippen LogP) is -0.614. The average Bonchev–Trinajstić information content (AvgIpc) is 1.27. The first-order chi connectivity index (χ1) is 3.13. The topological polar surface area (TPSA) is 95.5 Å². The van der Waals surface area contributed by atoms with Crippen LogP contribution in [-0.2, 0) is 4.94 Å². The van der Waals surface area contributed by atoms with E-state index in [1.54, 1.807) is 0 Å². The summed E-state index contributed by atoms with van der Waals surface area (Å²) in [5.74, 6) is 0. The Balaban J connectivity index is 0. The fourth-order valence-electron chi connectivity index (χ4n) is 0.0544. The van der Waals surface area contributed by atoms with E-state index in [9.17, 15) is 0 Å². The molecule has 0 saturated heterocycles. The molecule has 8 heteroatoms. The quantitative estimate of drug-likeness (QED) is 0.478. The summed E-state index contributed by atoms with van der Waals surface area (Å²) in [7, 11) is 0. The van der Waals surface area contributed by atoms with Crippen LogP contribution in [0.25, 0.3) is 0 Å². The zero-order chi connectivity index (χ0) is 5.86. The molecule has 0 atom stereocenters. The molecule has 0 heterocycles. The van der Waals surface area contributed by atoms with Crippen molar-refractivity contribution in [2.45, 2.75) is 0 Å². The Kier molecular flexibility index (Phi) is 6.62. The minimum atomic E-state index is -1.50. The molecular formula is LaN2O5. The van der Waals surface area contributed by atoms with Crippen LogP contribution in [0.15, 0.2) is 0 Å². The molecule has 0 aromatic carbocycles. The summed E-state index contributed by atoms with van der Waals surface area (Å²) in [6.45, 7) is 0. The Morgan fingerprint density at radius 2 is 1.38 bits per heavy atom. The molecule has 0 aromatic rings. The molecule has 0 amide bonds. The third-order valence-electron chi connectivity index (χ3n) is 0.133. The Labute approximate surface area is 70.8 Å². The van der Waals surface area contributed by atoms with Crippen LogP contribution < -0.4 is 0 Å². The molecular weight excluding hydrogens is 247 g/mol. The van der Waals surface area contributed by atoms with Crippen LogP contribution in [0.2, 0.25) is 0 Å². The summed E-state index contributed by atoms with van der Waals surface area (Å²) >= 11 is 0. The molecule has 0 fully saturated rings. The van der Waals surface area contributed by atoms with Gasteiger partial charge in [0, 0.05) is 40.5 Å². The maximum absolute atomic E-state index is 8.95. The van der Waals surface area contributed by atoms with Gasteiger partial charge in [-0.3, -0.25) is 0 Å². The van der Waals surface area contributed by atoms with E-state index in [-0.39, 0.29) is 35.6 Å².